The maximum Gasteiger partial charge on any atom is 0.155 e. The lowest BCUT2D eigenvalue weighted by molar-refractivity contribution is 0.325. The van der Waals surface area contributed by atoms with Gasteiger partial charge in [-0.2, -0.15) is 0 Å². The molecule has 0 unspecified atom stereocenters. The van der Waals surface area contributed by atoms with Crippen LogP contribution in [0.4, 0.5) is 11.4 Å². The maximum atomic E-state index is 6.13. The number of benzene rings is 2. The minimum atomic E-state index is 0.911. The predicted octanol–water partition coefficient (Wildman–Crippen LogP) is 4.13. The van der Waals surface area contributed by atoms with E-state index in [4.69, 9.17) is 4.74 Å². The lowest BCUT2D eigenvalue weighted by Crippen LogP contribution is -2.19. The summed E-state index contributed by atoms with van der Waals surface area (Å²) in [7, 11) is 0. The molecule has 2 aliphatic heterocycles. The molecule has 102 valence electrons. The molecular weight excluding hydrogens is 248 g/mol. The fourth-order valence-corrected chi connectivity index (χ4v) is 3.02. The zero-order chi connectivity index (χ0) is 13.4. The number of anilines is 2. The summed E-state index contributed by atoms with van der Waals surface area (Å²) in [5.74, 6) is 1.90. The molecule has 0 aliphatic carbocycles. The van der Waals surface area contributed by atoms with E-state index in [1.165, 1.54) is 31.5 Å². The summed E-state index contributed by atoms with van der Waals surface area (Å²) in [5, 5.41) is 3.46. The second-order valence-electron chi connectivity index (χ2n) is 5.50. The summed E-state index contributed by atoms with van der Waals surface area (Å²) in [6, 6.07) is 14.5. The molecule has 0 bridgehead atoms. The van der Waals surface area contributed by atoms with Gasteiger partial charge >= 0.3 is 0 Å². The molecule has 4 rings (SSSR count). The average molecular weight is 266 g/mol. The van der Waals surface area contributed by atoms with Crippen molar-refractivity contribution in [2.75, 3.05) is 18.4 Å². The highest BCUT2D eigenvalue weighted by atomic mass is 16.5. The van der Waals surface area contributed by atoms with Crippen LogP contribution in [0.2, 0.25) is 0 Å². The number of hydrogen-bond acceptors (Lipinski definition) is 3. The number of nitrogens with zero attached hydrogens (tertiary/aromatic N) is 1. The largest absolute Gasteiger partial charge is 0.453 e. The molecule has 1 N–H and O–H groups in total. The van der Waals surface area contributed by atoms with Crippen LogP contribution in [-0.4, -0.2) is 18.0 Å². The van der Waals surface area contributed by atoms with Crippen LogP contribution < -0.4 is 10.1 Å². The summed E-state index contributed by atoms with van der Waals surface area (Å²) < 4.78 is 6.13. The van der Waals surface area contributed by atoms with Crippen LogP contribution in [0, 0.1) is 0 Å². The molecule has 0 spiro atoms. The Hall–Kier alpha value is -2.00. The first-order chi connectivity index (χ1) is 9.90. The Bertz CT molecular complexity index is 633. The van der Waals surface area contributed by atoms with Gasteiger partial charge in [0.2, 0.25) is 0 Å². The minimum Gasteiger partial charge on any atom is -0.453 e. The van der Waals surface area contributed by atoms with Gasteiger partial charge in [0.25, 0.3) is 0 Å². The zero-order valence-corrected chi connectivity index (χ0v) is 11.4. The van der Waals surface area contributed by atoms with Crippen molar-refractivity contribution in [1.82, 2.24) is 4.90 Å². The van der Waals surface area contributed by atoms with Crippen molar-refractivity contribution in [3.8, 4) is 11.5 Å². The summed E-state index contributed by atoms with van der Waals surface area (Å²) in [6.07, 6.45) is 2.63. The van der Waals surface area contributed by atoms with Crippen molar-refractivity contribution < 1.29 is 4.74 Å². The van der Waals surface area contributed by atoms with E-state index in [0.29, 0.717) is 0 Å². The molecule has 2 aliphatic rings. The topological polar surface area (TPSA) is 24.5 Å². The Morgan fingerprint density at radius 2 is 1.75 bits per heavy atom. The normalized spacial score (nSPS) is 17.0. The van der Waals surface area contributed by atoms with Gasteiger partial charge in [-0.3, -0.25) is 4.90 Å². The van der Waals surface area contributed by atoms with E-state index in [1.54, 1.807) is 0 Å². The highest BCUT2D eigenvalue weighted by molar-refractivity contribution is 5.76. The second-order valence-corrected chi connectivity index (χ2v) is 5.50. The molecule has 0 saturated carbocycles. The lowest BCUT2D eigenvalue weighted by atomic mass is 10.1. The van der Waals surface area contributed by atoms with E-state index in [2.05, 4.69) is 28.4 Å². The Kier molecular flexibility index (Phi) is 2.85. The van der Waals surface area contributed by atoms with Gasteiger partial charge in [0.1, 0.15) is 0 Å². The number of nitrogens with one attached hydrogen (secondary N) is 1. The third-order valence-corrected chi connectivity index (χ3v) is 4.06. The fourth-order valence-electron chi connectivity index (χ4n) is 3.02. The number of ether oxygens (including phenoxy) is 1. The molecule has 2 heterocycles. The van der Waals surface area contributed by atoms with Crippen LogP contribution in [0.5, 0.6) is 11.5 Å². The van der Waals surface area contributed by atoms with Gasteiger partial charge in [-0.25, -0.2) is 0 Å². The summed E-state index contributed by atoms with van der Waals surface area (Å²) in [6.45, 7) is 3.38. The van der Waals surface area contributed by atoms with Crippen molar-refractivity contribution in [3.63, 3.8) is 0 Å². The first kappa shape index (κ1) is 11.8. The SMILES string of the molecule is c1ccc2c(c1)Nc1cccc(CN3CCCC3)c1O2. The molecule has 0 aromatic heterocycles. The molecule has 3 heteroatoms. The highest BCUT2D eigenvalue weighted by Crippen LogP contribution is 2.43. The summed E-state index contributed by atoms with van der Waals surface area (Å²) in [5.41, 5.74) is 3.38. The Morgan fingerprint density at radius 1 is 0.950 bits per heavy atom. The smallest absolute Gasteiger partial charge is 0.155 e. The number of para-hydroxylation sites is 3. The molecule has 2 aromatic rings. The monoisotopic (exact) mass is 266 g/mol. The van der Waals surface area contributed by atoms with E-state index >= 15 is 0 Å². The van der Waals surface area contributed by atoms with Gasteiger partial charge in [-0.15, -0.1) is 0 Å². The molecule has 20 heavy (non-hydrogen) atoms. The van der Waals surface area contributed by atoms with Gasteiger partial charge in [-0.1, -0.05) is 24.3 Å². The number of rotatable bonds is 2. The van der Waals surface area contributed by atoms with E-state index in [-0.39, 0.29) is 0 Å². The summed E-state index contributed by atoms with van der Waals surface area (Å²) >= 11 is 0. The lowest BCUT2D eigenvalue weighted by Gasteiger charge is -2.25. The van der Waals surface area contributed by atoms with Crippen molar-refractivity contribution in [2.45, 2.75) is 19.4 Å². The molecule has 3 nitrogen and oxygen atoms in total. The van der Waals surface area contributed by atoms with Crippen LogP contribution in [-0.2, 0) is 6.54 Å². The maximum absolute atomic E-state index is 6.13. The van der Waals surface area contributed by atoms with Crippen molar-refractivity contribution in [1.29, 1.82) is 0 Å². The van der Waals surface area contributed by atoms with E-state index in [9.17, 15) is 0 Å². The molecule has 0 atom stereocenters. The predicted molar refractivity (Wildman–Crippen MR) is 80.8 cm³/mol. The van der Waals surface area contributed by atoms with Gasteiger partial charge in [-0.05, 0) is 44.1 Å². The van der Waals surface area contributed by atoms with Gasteiger partial charge in [0.05, 0.1) is 11.4 Å². The van der Waals surface area contributed by atoms with Gasteiger partial charge in [0, 0.05) is 12.1 Å². The van der Waals surface area contributed by atoms with Crippen molar-refractivity contribution in [2.24, 2.45) is 0 Å². The first-order valence-electron chi connectivity index (χ1n) is 7.28. The Labute approximate surface area is 119 Å². The van der Waals surface area contributed by atoms with E-state index in [0.717, 1.165) is 29.4 Å². The molecule has 0 amide bonds. The van der Waals surface area contributed by atoms with Crippen molar-refractivity contribution >= 4 is 11.4 Å². The quantitative estimate of drug-likeness (QED) is 0.754. The Balaban J connectivity index is 1.67. The molecule has 1 fully saturated rings. The highest BCUT2D eigenvalue weighted by Gasteiger charge is 2.21. The van der Waals surface area contributed by atoms with Crippen LogP contribution in [0.15, 0.2) is 42.5 Å². The number of likely N-dealkylation sites (tertiary alicyclic amines) is 1. The summed E-state index contributed by atoms with van der Waals surface area (Å²) in [4.78, 5) is 2.50. The van der Waals surface area contributed by atoms with Crippen LogP contribution in [0.1, 0.15) is 18.4 Å². The van der Waals surface area contributed by atoms with Crippen LogP contribution in [0.25, 0.3) is 0 Å². The average Bonchev–Trinajstić information content (AvgIpc) is 2.99. The van der Waals surface area contributed by atoms with Gasteiger partial charge in [0.15, 0.2) is 11.5 Å². The van der Waals surface area contributed by atoms with Crippen molar-refractivity contribution in [3.05, 3.63) is 48.0 Å². The molecular formula is C17H18N2O. The minimum absolute atomic E-state index is 0.911. The first-order valence-corrected chi connectivity index (χ1v) is 7.28. The zero-order valence-electron chi connectivity index (χ0n) is 11.4. The van der Waals surface area contributed by atoms with Crippen LogP contribution in [0.3, 0.4) is 0 Å². The standard InChI is InChI=1S/C17H18N2O/c1-2-9-16-14(7-1)18-15-8-5-6-13(17(15)20-16)12-19-10-3-4-11-19/h1-2,5-9,18H,3-4,10-12H2. The van der Waals surface area contributed by atoms with Gasteiger partial charge < -0.3 is 10.1 Å². The number of fused-ring (bicyclic) bond motifs is 2. The molecule has 0 radical (unpaired) electrons. The molecule has 2 aromatic carbocycles. The third kappa shape index (κ3) is 2.04. The third-order valence-electron chi connectivity index (χ3n) is 4.06. The number of hydrogen-bond donors (Lipinski definition) is 1. The van der Waals surface area contributed by atoms with E-state index in [1.807, 2.05) is 24.3 Å². The second kappa shape index (κ2) is 4.84. The van der Waals surface area contributed by atoms with Crippen LogP contribution >= 0.6 is 0 Å². The molecule has 1 saturated heterocycles. The van der Waals surface area contributed by atoms with E-state index < -0.39 is 0 Å². The fraction of sp³-hybridized carbons (Fsp3) is 0.294. The Morgan fingerprint density at radius 3 is 2.65 bits per heavy atom.